The number of hydrogen-bond acceptors (Lipinski definition) is 14. The van der Waals surface area contributed by atoms with Gasteiger partial charge in [-0.2, -0.15) is 5.16 Å². The van der Waals surface area contributed by atoms with Gasteiger partial charge in [0.05, 0.1) is 41.3 Å². The molecular weight excluding hydrogens is 1140 g/mol. The number of nitrogens with zero attached hydrogens (tertiary/aromatic N) is 7. The second-order valence-corrected chi connectivity index (χ2v) is 20.7. The first-order chi connectivity index (χ1) is 37.1. The molecule has 0 saturated heterocycles. The number of pyridine rings is 4. The molecule has 0 amide bonds. The smallest absolute Gasteiger partial charge is 0.753 e. The van der Waals surface area contributed by atoms with E-state index in [2.05, 4.69) is 87.1 Å². The predicted octanol–water partition coefficient (Wildman–Crippen LogP) is 16.5. The van der Waals surface area contributed by atoms with Gasteiger partial charge in [0.25, 0.3) is 19.4 Å². The molecule has 0 fully saturated rings. The summed E-state index contributed by atoms with van der Waals surface area (Å²) in [5, 5.41) is 20.3. The molecular formula is C58H61F2N7O5RuS4. The van der Waals surface area contributed by atoms with Crippen LogP contribution in [0.5, 0.6) is 17.4 Å². The van der Waals surface area contributed by atoms with E-state index in [0.29, 0.717) is 64.5 Å². The second-order valence-electron chi connectivity index (χ2n) is 17.6. The van der Waals surface area contributed by atoms with Gasteiger partial charge in [0, 0.05) is 56.2 Å². The van der Waals surface area contributed by atoms with E-state index in [-0.39, 0.29) is 25.2 Å². The van der Waals surface area contributed by atoms with Crippen LogP contribution < -0.4 is 19.3 Å². The van der Waals surface area contributed by atoms with Crippen LogP contribution in [0, 0.1) is 0 Å². The van der Waals surface area contributed by atoms with E-state index in [0.717, 1.165) is 41.7 Å². The van der Waals surface area contributed by atoms with E-state index < -0.39 is 6.43 Å². The van der Waals surface area contributed by atoms with Crippen LogP contribution in [-0.2, 0) is 48.3 Å². The summed E-state index contributed by atoms with van der Waals surface area (Å²) < 4.78 is 41.2. The minimum absolute atomic E-state index is 0. The zero-order valence-corrected chi connectivity index (χ0v) is 48.5. The minimum atomic E-state index is -2.65. The maximum atomic E-state index is 12.8. The summed E-state index contributed by atoms with van der Waals surface area (Å²) in [5.41, 5.74) is 8.68. The van der Waals surface area contributed by atoms with Gasteiger partial charge in [-0.1, -0.05) is 96.5 Å². The molecule has 8 rings (SSSR count). The Hall–Kier alpha value is -6.07. The Morgan fingerprint density at radius 3 is 1.91 bits per heavy atom. The number of methoxy groups -OCH3 is 1. The fraction of sp³-hybridized carbons (Fsp3) is 0.345. The number of hydrogen-bond donors (Lipinski definition) is 0. The number of aryl methyl sites for hydroxylation is 3. The van der Waals surface area contributed by atoms with Crippen molar-refractivity contribution in [2.75, 3.05) is 7.11 Å². The third kappa shape index (κ3) is 18.5. The average molecular weight is 1200 g/mol. The van der Waals surface area contributed by atoms with E-state index >= 15 is 0 Å². The number of carbonyl (C=O) groups is 2. The molecule has 8 heterocycles. The summed E-state index contributed by atoms with van der Waals surface area (Å²) in [4.78, 5) is 45.3. The minimum Gasteiger partial charge on any atom is -0.753 e. The van der Waals surface area contributed by atoms with Crippen LogP contribution in [0.25, 0.3) is 70.2 Å². The van der Waals surface area contributed by atoms with Crippen molar-refractivity contribution in [2.45, 2.75) is 124 Å². The van der Waals surface area contributed by atoms with Gasteiger partial charge in [-0.25, -0.2) is 18.7 Å². The van der Waals surface area contributed by atoms with Crippen molar-refractivity contribution in [2.24, 2.45) is 0 Å². The molecule has 19 heteroatoms. The van der Waals surface area contributed by atoms with Gasteiger partial charge in [0.2, 0.25) is 5.88 Å². The Morgan fingerprint density at radius 2 is 1.27 bits per heavy atom. The zero-order valence-electron chi connectivity index (χ0n) is 43.5. The van der Waals surface area contributed by atoms with Gasteiger partial charge in [0.1, 0.15) is 11.5 Å². The Labute approximate surface area is 479 Å². The maximum absolute atomic E-state index is 12.8. The SMILES string of the molecule is CCCCCCc1ccsc1-c1cc(OC)nc(-c2cc(C(F)F)n[n-]2)c1.CCCCCCc1csc(-c2sc(-c3ccnc(-c4cc(OC=O)cc(-c5cc(OC=O)ccn5)n4)c3)cc2CCCCCC)c1.[N-]=C=S.[Ru+2]. The Bertz CT molecular complexity index is 3120. The maximum Gasteiger partial charge on any atom is 2.00 e. The molecule has 0 atom stereocenters. The first kappa shape index (κ1) is 61.8. The van der Waals surface area contributed by atoms with E-state index in [4.69, 9.17) is 24.6 Å². The fourth-order valence-corrected chi connectivity index (χ4v) is 11.6. The van der Waals surface area contributed by atoms with Gasteiger partial charge in [-0.05, 0) is 126 Å². The number of carbonyl (C=O) groups excluding carboxylic acids is 2. The van der Waals surface area contributed by atoms with Gasteiger partial charge < -0.3 is 29.8 Å². The normalized spacial score (nSPS) is 10.6. The van der Waals surface area contributed by atoms with Crippen molar-refractivity contribution >= 4 is 64.3 Å². The number of alkyl halides is 2. The Morgan fingerprint density at radius 1 is 0.662 bits per heavy atom. The molecule has 0 bridgehead atoms. The van der Waals surface area contributed by atoms with Gasteiger partial charge in [-0.15, -0.1) is 34.0 Å². The molecule has 0 saturated carbocycles. The quantitative estimate of drug-likeness (QED) is 0.0158. The summed E-state index contributed by atoms with van der Waals surface area (Å²) in [6.07, 6.45) is 18.7. The number of aromatic nitrogens is 6. The number of halogens is 2. The van der Waals surface area contributed by atoms with E-state index in [1.165, 1.54) is 126 Å². The first-order valence-corrected chi connectivity index (χ1v) is 28.4. The molecule has 0 aliphatic rings. The summed E-state index contributed by atoms with van der Waals surface area (Å²) in [6.45, 7) is 7.44. The Kier molecular flexibility index (Phi) is 26.7. The molecule has 0 unspecified atom stereocenters. The van der Waals surface area contributed by atoms with Gasteiger partial charge in [0.15, 0.2) is 0 Å². The molecule has 12 nitrogen and oxygen atoms in total. The monoisotopic (exact) mass is 1200 g/mol. The number of thiocarbonyl (C=S) groups is 1. The average Bonchev–Trinajstić information content (AvgIpc) is 4.29. The molecule has 0 spiro atoms. The third-order valence-electron chi connectivity index (χ3n) is 12.1. The van der Waals surface area contributed by atoms with E-state index in [1.807, 2.05) is 46.9 Å². The standard InChI is InChI=1S/C37H39N3O4S2.C20H22F2N3OS.CNS.Ru/c1-3-5-7-9-11-26-17-36(45-23-26)37-28(12-10-8-6-4-2)19-35(46-37)27-13-15-38-31(18-27)33-21-30(44-25-42)22-34(40-33)32-20-29(43-24-41)14-16-39-32;1-3-4-5-6-7-13-8-9-27-19(13)14-10-15(23-18(11-14)26-2)16-12-17(20(21)22)25-24-16;2-1-3;/h13-25H,3-12H2,1-2H3;8-12,20H,3-7H2,1-2H3;;/q;2*-1;+2. The zero-order chi connectivity index (χ0) is 54.1. The van der Waals surface area contributed by atoms with E-state index in [1.54, 1.807) is 41.8 Å². The molecule has 8 aromatic rings. The summed E-state index contributed by atoms with van der Waals surface area (Å²) in [7, 11) is 1.54. The van der Waals surface area contributed by atoms with Gasteiger partial charge >= 0.3 is 19.5 Å². The molecule has 0 aromatic carbocycles. The molecule has 0 N–H and O–H groups in total. The van der Waals surface area contributed by atoms with E-state index in [9.17, 15) is 18.4 Å². The van der Waals surface area contributed by atoms with Crippen molar-refractivity contribution < 1.29 is 52.1 Å². The molecule has 0 aliphatic heterocycles. The number of thiophene rings is 3. The topological polar surface area (TPSA) is 163 Å². The van der Waals surface area contributed by atoms with Crippen molar-refractivity contribution in [1.82, 2.24) is 30.1 Å². The van der Waals surface area contributed by atoms with Crippen LogP contribution in [0.4, 0.5) is 8.78 Å². The van der Waals surface area contributed by atoms with Gasteiger partial charge in [-0.3, -0.25) is 19.6 Å². The Balaban J connectivity index is 0.000000300. The fourth-order valence-electron chi connectivity index (χ4n) is 8.33. The third-order valence-corrected chi connectivity index (χ3v) is 15.5. The predicted molar refractivity (Wildman–Crippen MR) is 306 cm³/mol. The molecule has 8 aromatic heterocycles. The van der Waals surface area contributed by atoms with Crippen molar-refractivity contribution in [3.8, 4) is 82.2 Å². The first-order valence-electron chi connectivity index (χ1n) is 25.4. The number of rotatable bonds is 27. The van der Waals surface area contributed by atoms with Crippen molar-refractivity contribution in [3.63, 3.8) is 0 Å². The second kappa shape index (κ2) is 33.3. The number of ether oxygens (including phenoxy) is 3. The van der Waals surface area contributed by atoms with Crippen LogP contribution in [0.3, 0.4) is 0 Å². The molecule has 404 valence electrons. The van der Waals surface area contributed by atoms with Crippen LogP contribution in [0.1, 0.15) is 127 Å². The van der Waals surface area contributed by atoms with Crippen molar-refractivity contribution in [1.29, 1.82) is 0 Å². The molecule has 77 heavy (non-hydrogen) atoms. The van der Waals surface area contributed by atoms with Crippen LogP contribution in [0.2, 0.25) is 0 Å². The molecule has 0 radical (unpaired) electrons. The number of isothiocyanates is 1. The van der Waals surface area contributed by atoms with Crippen molar-refractivity contribution in [3.05, 3.63) is 124 Å². The van der Waals surface area contributed by atoms with Crippen LogP contribution in [-0.4, -0.2) is 50.3 Å². The largest absolute Gasteiger partial charge is 2.00 e. The number of unbranched alkanes of at least 4 members (excludes halogenated alkanes) is 9. The van der Waals surface area contributed by atoms with Crippen LogP contribution in [0.15, 0.2) is 96.0 Å². The summed E-state index contributed by atoms with van der Waals surface area (Å²) in [5.74, 6) is 1.06. The van der Waals surface area contributed by atoms with Crippen LogP contribution >= 0.6 is 46.2 Å². The summed E-state index contributed by atoms with van der Waals surface area (Å²) in [6, 6.07) is 22.4. The summed E-state index contributed by atoms with van der Waals surface area (Å²) >= 11 is 9.05. The molecule has 0 aliphatic carbocycles.